The van der Waals surface area contributed by atoms with Gasteiger partial charge in [0.25, 0.3) is 0 Å². The first kappa shape index (κ1) is 16.6. The molecule has 0 unspecified atom stereocenters. The summed E-state index contributed by atoms with van der Waals surface area (Å²) in [6.45, 7) is 4.10. The molecule has 0 aromatic carbocycles. The van der Waals surface area contributed by atoms with E-state index in [0.29, 0.717) is 36.6 Å². The lowest BCUT2D eigenvalue weighted by molar-refractivity contribution is 0.0390. The van der Waals surface area contributed by atoms with Gasteiger partial charge in [0.05, 0.1) is 13.2 Å². The molecule has 21 heavy (non-hydrogen) atoms. The molecule has 2 N–H and O–H groups in total. The van der Waals surface area contributed by atoms with E-state index in [-0.39, 0.29) is 4.90 Å². The summed E-state index contributed by atoms with van der Waals surface area (Å²) in [5.41, 5.74) is 0. The van der Waals surface area contributed by atoms with E-state index < -0.39 is 10.0 Å². The van der Waals surface area contributed by atoms with Gasteiger partial charge < -0.3 is 10.1 Å². The minimum Gasteiger partial charge on any atom is -0.379 e. The van der Waals surface area contributed by atoms with Crippen molar-refractivity contribution in [2.24, 2.45) is 0 Å². The number of morpholine rings is 1. The number of rotatable bonds is 6. The third kappa shape index (κ3) is 4.62. The van der Waals surface area contributed by atoms with Gasteiger partial charge in [0.15, 0.2) is 0 Å². The van der Waals surface area contributed by atoms with Crippen molar-refractivity contribution < 1.29 is 13.2 Å². The number of nitrogens with zero attached hydrogens (tertiary/aromatic N) is 2. The van der Waals surface area contributed by atoms with Crippen LogP contribution < -0.4 is 10.0 Å². The van der Waals surface area contributed by atoms with Gasteiger partial charge in [-0.1, -0.05) is 0 Å². The Morgan fingerprint density at radius 1 is 1.43 bits per heavy atom. The zero-order valence-electron chi connectivity index (χ0n) is 11.8. The summed E-state index contributed by atoms with van der Waals surface area (Å²) >= 11 is 3.24. The Bertz CT molecular complexity index is 576. The molecular weight excluding hydrogens is 360 g/mol. The molecule has 0 spiro atoms. The van der Waals surface area contributed by atoms with E-state index in [1.807, 2.05) is 0 Å². The minimum atomic E-state index is -3.59. The fourth-order valence-electron chi connectivity index (χ4n) is 2.05. The molecule has 1 aromatic rings. The highest BCUT2D eigenvalue weighted by atomic mass is 79.9. The van der Waals surface area contributed by atoms with E-state index in [4.69, 9.17) is 4.74 Å². The van der Waals surface area contributed by atoms with Crippen molar-refractivity contribution in [3.8, 4) is 0 Å². The molecule has 7 nitrogen and oxygen atoms in total. The smallest absolute Gasteiger partial charge is 0.244 e. The summed E-state index contributed by atoms with van der Waals surface area (Å²) < 4.78 is 33.2. The van der Waals surface area contributed by atoms with Crippen molar-refractivity contribution in [2.75, 3.05) is 51.8 Å². The highest BCUT2D eigenvalue weighted by Gasteiger charge is 2.20. The van der Waals surface area contributed by atoms with E-state index in [1.165, 1.54) is 6.07 Å². The Balaban J connectivity index is 1.99. The summed E-state index contributed by atoms with van der Waals surface area (Å²) in [4.78, 5) is 6.37. The van der Waals surface area contributed by atoms with Crippen LogP contribution in [-0.4, -0.2) is 64.7 Å². The minimum absolute atomic E-state index is 0.140. The molecule has 1 aromatic heterocycles. The fourth-order valence-corrected chi connectivity index (χ4v) is 3.74. The van der Waals surface area contributed by atoms with Gasteiger partial charge in [0, 0.05) is 43.9 Å². The van der Waals surface area contributed by atoms with Crippen LogP contribution in [0.3, 0.4) is 0 Å². The normalized spacial score (nSPS) is 16.9. The maximum absolute atomic E-state index is 12.4. The maximum Gasteiger partial charge on any atom is 0.244 e. The second-order valence-corrected chi connectivity index (χ2v) is 7.25. The van der Waals surface area contributed by atoms with Crippen LogP contribution >= 0.6 is 15.9 Å². The van der Waals surface area contributed by atoms with Gasteiger partial charge in [0.2, 0.25) is 10.0 Å². The lowest BCUT2D eigenvalue weighted by Crippen LogP contribution is -2.41. The Kier molecular flexibility index (Phi) is 5.94. The molecule has 1 aliphatic rings. The molecule has 0 aliphatic carbocycles. The van der Waals surface area contributed by atoms with E-state index in [0.717, 1.165) is 13.1 Å². The van der Waals surface area contributed by atoms with E-state index in [1.54, 1.807) is 13.2 Å². The van der Waals surface area contributed by atoms with Crippen LogP contribution in [-0.2, 0) is 14.8 Å². The molecule has 0 bridgehead atoms. The second-order valence-electron chi connectivity index (χ2n) is 4.60. The zero-order valence-corrected chi connectivity index (χ0v) is 14.2. The molecule has 0 atom stereocenters. The zero-order chi connectivity index (χ0) is 15.3. The van der Waals surface area contributed by atoms with Crippen LogP contribution in [0.25, 0.3) is 0 Å². The van der Waals surface area contributed by atoms with Crippen LogP contribution in [0, 0.1) is 0 Å². The maximum atomic E-state index is 12.4. The Labute approximate surface area is 133 Å². The molecule has 2 heterocycles. The van der Waals surface area contributed by atoms with Gasteiger partial charge in [-0.25, -0.2) is 18.1 Å². The van der Waals surface area contributed by atoms with Gasteiger partial charge in [-0.2, -0.15) is 0 Å². The summed E-state index contributed by atoms with van der Waals surface area (Å²) in [5.74, 6) is 0.331. The summed E-state index contributed by atoms with van der Waals surface area (Å²) in [7, 11) is -1.95. The van der Waals surface area contributed by atoms with Crippen molar-refractivity contribution in [1.29, 1.82) is 0 Å². The van der Waals surface area contributed by atoms with Gasteiger partial charge in [-0.05, 0) is 22.0 Å². The first-order valence-corrected chi connectivity index (χ1v) is 8.93. The van der Waals surface area contributed by atoms with Crippen molar-refractivity contribution in [2.45, 2.75) is 4.90 Å². The van der Waals surface area contributed by atoms with Gasteiger partial charge >= 0.3 is 0 Å². The van der Waals surface area contributed by atoms with Crippen LogP contribution in [0.15, 0.2) is 21.6 Å². The second kappa shape index (κ2) is 7.50. The fraction of sp³-hybridized carbons (Fsp3) is 0.583. The lowest BCUT2D eigenvalue weighted by Gasteiger charge is -2.26. The topological polar surface area (TPSA) is 83.6 Å². The molecule has 9 heteroatoms. The molecule has 1 saturated heterocycles. The Hall–Kier alpha value is -0.740. The summed E-state index contributed by atoms with van der Waals surface area (Å²) in [6, 6.07) is 1.54. The molecular formula is C12H19BrN4O3S. The van der Waals surface area contributed by atoms with Gasteiger partial charge in [-0.3, -0.25) is 4.90 Å². The Morgan fingerprint density at radius 2 is 2.14 bits per heavy atom. The number of ether oxygens (including phenoxy) is 1. The Morgan fingerprint density at radius 3 is 2.81 bits per heavy atom. The monoisotopic (exact) mass is 378 g/mol. The molecule has 118 valence electrons. The highest BCUT2D eigenvalue weighted by Crippen LogP contribution is 2.22. The van der Waals surface area contributed by atoms with Crippen molar-refractivity contribution in [3.05, 3.63) is 16.7 Å². The van der Waals surface area contributed by atoms with E-state index >= 15 is 0 Å². The average Bonchev–Trinajstić information content (AvgIpc) is 2.48. The molecule has 0 radical (unpaired) electrons. The molecule has 1 fully saturated rings. The van der Waals surface area contributed by atoms with Gasteiger partial charge in [-0.15, -0.1) is 0 Å². The van der Waals surface area contributed by atoms with Crippen LogP contribution in [0.2, 0.25) is 0 Å². The summed E-state index contributed by atoms with van der Waals surface area (Å²) in [5, 5.41) is 2.79. The number of hydrogen-bond donors (Lipinski definition) is 2. The number of aromatic nitrogens is 1. The van der Waals surface area contributed by atoms with Crippen LogP contribution in [0.5, 0.6) is 0 Å². The number of halogens is 1. The third-order valence-electron chi connectivity index (χ3n) is 3.17. The number of sulfonamides is 1. The quantitative estimate of drug-likeness (QED) is 0.749. The van der Waals surface area contributed by atoms with Crippen molar-refractivity contribution in [1.82, 2.24) is 14.6 Å². The third-order valence-corrected chi connectivity index (χ3v) is 5.08. The highest BCUT2D eigenvalue weighted by molar-refractivity contribution is 9.10. The first-order chi connectivity index (χ1) is 10.0. The molecule has 0 amide bonds. The first-order valence-electron chi connectivity index (χ1n) is 6.66. The lowest BCUT2D eigenvalue weighted by atomic mass is 10.4. The van der Waals surface area contributed by atoms with E-state index in [2.05, 4.69) is 35.9 Å². The van der Waals surface area contributed by atoms with Crippen molar-refractivity contribution in [3.63, 3.8) is 0 Å². The molecule has 1 aliphatic heterocycles. The number of pyridine rings is 1. The van der Waals surface area contributed by atoms with Crippen LogP contribution in [0.4, 0.5) is 5.82 Å². The number of hydrogen-bond acceptors (Lipinski definition) is 6. The predicted octanol–water partition coefficient (Wildman–Crippen LogP) is 0.496. The largest absolute Gasteiger partial charge is 0.379 e. The van der Waals surface area contributed by atoms with E-state index in [9.17, 15) is 8.42 Å². The number of nitrogens with one attached hydrogen (secondary N) is 2. The SMILES string of the molecule is CNc1ncc(Br)cc1S(=O)(=O)NCCN1CCOCC1. The van der Waals surface area contributed by atoms with Gasteiger partial charge in [0.1, 0.15) is 10.7 Å². The van der Waals surface area contributed by atoms with Crippen LogP contribution in [0.1, 0.15) is 0 Å². The predicted molar refractivity (Wildman–Crippen MR) is 83.9 cm³/mol. The van der Waals surface area contributed by atoms with Crippen molar-refractivity contribution >= 4 is 31.8 Å². The number of anilines is 1. The molecule has 0 saturated carbocycles. The standard InChI is InChI=1S/C12H19BrN4O3S/c1-14-12-11(8-10(13)9-15-12)21(18,19)16-2-3-17-4-6-20-7-5-17/h8-9,16H,2-7H2,1H3,(H,14,15). The molecule has 2 rings (SSSR count). The summed E-state index contributed by atoms with van der Waals surface area (Å²) in [6.07, 6.45) is 1.55. The average molecular weight is 379 g/mol.